The first kappa shape index (κ1) is 8.52. The number of fused-ring (bicyclic) bond motifs is 1. The molecule has 0 aromatic heterocycles. The van der Waals surface area contributed by atoms with E-state index in [1.807, 2.05) is 0 Å². The number of hydrogen-bond donors (Lipinski definition) is 2. The number of piperidine rings is 1. The van der Waals surface area contributed by atoms with Gasteiger partial charge in [0, 0.05) is 0 Å². The minimum absolute atomic E-state index is 0.0360. The van der Waals surface area contributed by atoms with Gasteiger partial charge in [-0.1, -0.05) is 6.92 Å². The van der Waals surface area contributed by atoms with Crippen molar-refractivity contribution in [2.75, 3.05) is 13.1 Å². The van der Waals surface area contributed by atoms with Gasteiger partial charge in [0.2, 0.25) is 0 Å². The molecule has 2 nitrogen and oxygen atoms in total. The maximum atomic E-state index is 9.69. The van der Waals surface area contributed by atoms with Gasteiger partial charge in [0.05, 0.1) is 6.10 Å². The fourth-order valence-electron chi connectivity index (χ4n) is 2.84. The first-order chi connectivity index (χ1) is 5.79. The number of nitrogens with one attached hydrogen (secondary N) is 1. The Morgan fingerprint density at radius 3 is 2.92 bits per heavy atom. The normalized spacial score (nSPS) is 48.5. The lowest BCUT2D eigenvalue weighted by Gasteiger charge is -2.42. The van der Waals surface area contributed by atoms with Crippen molar-refractivity contribution in [3.05, 3.63) is 0 Å². The Hall–Kier alpha value is -0.0800. The molecule has 1 saturated carbocycles. The van der Waals surface area contributed by atoms with E-state index in [0.717, 1.165) is 24.8 Å². The fraction of sp³-hybridized carbons (Fsp3) is 1.00. The van der Waals surface area contributed by atoms with Gasteiger partial charge < -0.3 is 10.4 Å². The largest absolute Gasteiger partial charge is 0.393 e. The molecule has 1 saturated heterocycles. The highest BCUT2D eigenvalue weighted by molar-refractivity contribution is 4.89. The second-order valence-corrected chi connectivity index (χ2v) is 4.42. The van der Waals surface area contributed by atoms with E-state index in [0.29, 0.717) is 5.92 Å². The third-order valence-electron chi connectivity index (χ3n) is 3.79. The van der Waals surface area contributed by atoms with Crippen molar-refractivity contribution in [2.45, 2.75) is 32.3 Å². The molecule has 2 N–H and O–H groups in total. The van der Waals surface area contributed by atoms with Crippen LogP contribution in [-0.4, -0.2) is 24.3 Å². The summed E-state index contributed by atoms with van der Waals surface area (Å²) in [5.41, 5.74) is 0. The van der Waals surface area contributed by atoms with Crippen LogP contribution < -0.4 is 5.32 Å². The summed E-state index contributed by atoms with van der Waals surface area (Å²) in [5, 5.41) is 13.1. The Labute approximate surface area is 74.4 Å². The van der Waals surface area contributed by atoms with Gasteiger partial charge in [-0.15, -0.1) is 0 Å². The van der Waals surface area contributed by atoms with Crippen LogP contribution in [0.4, 0.5) is 0 Å². The number of rotatable bonds is 0. The Morgan fingerprint density at radius 2 is 2.08 bits per heavy atom. The van der Waals surface area contributed by atoms with E-state index in [4.69, 9.17) is 0 Å². The van der Waals surface area contributed by atoms with Crippen LogP contribution in [0.5, 0.6) is 0 Å². The molecule has 4 atom stereocenters. The van der Waals surface area contributed by atoms with Gasteiger partial charge in [0.25, 0.3) is 0 Å². The summed E-state index contributed by atoms with van der Waals surface area (Å²) in [6.45, 7) is 4.52. The Balaban J connectivity index is 2.03. The lowest BCUT2D eigenvalue weighted by Crippen LogP contribution is -2.46. The molecule has 1 aliphatic carbocycles. The van der Waals surface area contributed by atoms with E-state index < -0.39 is 0 Å². The standard InChI is InChI=1S/C10H19NO/c1-7-9-6-11-5-4-8(9)2-3-10(7)12/h7-12H,2-6H2,1H3. The molecule has 12 heavy (non-hydrogen) atoms. The topological polar surface area (TPSA) is 32.3 Å². The molecule has 0 aromatic rings. The summed E-state index contributed by atoms with van der Waals surface area (Å²) in [6.07, 6.45) is 3.56. The summed E-state index contributed by atoms with van der Waals surface area (Å²) < 4.78 is 0. The number of aliphatic hydroxyl groups is 1. The first-order valence-electron chi connectivity index (χ1n) is 5.18. The predicted octanol–water partition coefficient (Wildman–Crippen LogP) is 1.00. The average molecular weight is 169 g/mol. The van der Waals surface area contributed by atoms with Crippen LogP contribution in [0.25, 0.3) is 0 Å². The lowest BCUT2D eigenvalue weighted by atomic mass is 9.69. The molecule has 2 aliphatic rings. The van der Waals surface area contributed by atoms with Crippen molar-refractivity contribution in [3.63, 3.8) is 0 Å². The van der Waals surface area contributed by atoms with Gasteiger partial charge in [0.1, 0.15) is 0 Å². The van der Waals surface area contributed by atoms with E-state index in [1.54, 1.807) is 0 Å². The highest BCUT2D eigenvalue weighted by Crippen LogP contribution is 2.37. The minimum atomic E-state index is -0.0360. The summed E-state index contributed by atoms with van der Waals surface area (Å²) in [4.78, 5) is 0. The monoisotopic (exact) mass is 169 g/mol. The summed E-state index contributed by atoms with van der Waals surface area (Å²) in [6, 6.07) is 0. The third kappa shape index (κ3) is 1.38. The molecular formula is C10H19NO. The lowest BCUT2D eigenvalue weighted by molar-refractivity contribution is 0.000268. The molecule has 0 amide bonds. The Kier molecular flexibility index (Phi) is 2.37. The van der Waals surface area contributed by atoms with Crippen LogP contribution in [0, 0.1) is 17.8 Å². The zero-order chi connectivity index (χ0) is 8.55. The molecule has 2 fully saturated rings. The maximum absolute atomic E-state index is 9.69. The van der Waals surface area contributed by atoms with Crippen LogP contribution in [0.2, 0.25) is 0 Å². The highest BCUT2D eigenvalue weighted by Gasteiger charge is 2.36. The van der Waals surface area contributed by atoms with Crippen molar-refractivity contribution < 1.29 is 5.11 Å². The van der Waals surface area contributed by atoms with Crippen molar-refractivity contribution in [2.24, 2.45) is 17.8 Å². The second-order valence-electron chi connectivity index (χ2n) is 4.42. The summed E-state index contributed by atoms with van der Waals surface area (Å²) in [7, 11) is 0. The SMILES string of the molecule is CC1C(O)CCC2CCNCC21. The summed E-state index contributed by atoms with van der Waals surface area (Å²) >= 11 is 0. The van der Waals surface area contributed by atoms with Gasteiger partial charge in [-0.2, -0.15) is 0 Å². The van der Waals surface area contributed by atoms with Crippen molar-refractivity contribution in [1.29, 1.82) is 0 Å². The molecule has 1 aliphatic heterocycles. The summed E-state index contributed by atoms with van der Waals surface area (Å²) in [5.74, 6) is 2.14. The van der Waals surface area contributed by atoms with Crippen molar-refractivity contribution >= 4 is 0 Å². The van der Waals surface area contributed by atoms with Gasteiger partial charge in [-0.25, -0.2) is 0 Å². The molecule has 4 unspecified atom stereocenters. The first-order valence-corrected chi connectivity index (χ1v) is 5.18. The second kappa shape index (κ2) is 3.35. The number of hydrogen-bond acceptors (Lipinski definition) is 2. The third-order valence-corrected chi connectivity index (χ3v) is 3.79. The van der Waals surface area contributed by atoms with Gasteiger partial charge >= 0.3 is 0 Å². The van der Waals surface area contributed by atoms with Crippen LogP contribution >= 0.6 is 0 Å². The van der Waals surface area contributed by atoms with Crippen LogP contribution in [-0.2, 0) is 0 Å². The average Bonchev–Trinajstić information content (AvgIpc) is 2.12. The van der Waals surface area contributed by atoms with Crippen LogP contribution in [0.15, 0.2) is 0 Å². The minimum Gasteiger partial charge on any atom is -0.393 e. The predicted molar refractivity (Wildman–Crippen MR) is 48.9 cm³/mol. The molecule has 70 valence electrons. The molecule has 1 heterocycles. The maximum Gasteiger partial charge on any atom is 0.0569 e. The van der Waals surface area contributed by atoms with Gasteiger partial charge in [-0.05, 0) is 50.1 Å². The molecular weight excluding hydrogens is 150 g/mol. The van der Waals surface area contributed by atoms with Gasteiger partial charge in [0.15, 0.2) is 0 Å². The molecule has 0 radical (unpaired) electrons. The zero-order valence-corrected chi connectivity index (χ0v) is 7.79. The van der Waals surface area contributed by atoms with E-state index in [1.165, 1.54) is 19.4 Å². The number of aliphatic hydroxyl groups excluding tert-OH is 1. The van der Waals surface area contributed by atoms with E-state index in [2.05, 4.69) is 12.2 Å². The van der Waals surface area contributed by atoms with Crippen molar-refractivity contribution in [1.82, 2.24) is 5.32 Å². The van der Waals surface area contributed by atoms with E-state index in [9.17, 15) is 5.11 Å². The highest BCUT2D eigenvalue weighted by atomic mass is 16.3. The smallest absolute Gasteiger partial charge is 0.0569 e. The quantitative estimate of drug-likeness (QED) is 0.567. The van der Waals surface area contributed by atoms with E-state index in [-0.39, 0.29) is 6.10 Å². The van der Waals surface area contributed by atoms with Crippen LogP contribution in [0.1, 0.15) is 26.2 Å². The zero-order valence-electron chi connectivity index (χ0n) is 7.79. The molecule has 0 aromatic carbocycles. The molecule has 2 heteroatoms. The fourth-order valence-corrected chi connectivity index (χ4v) is 2.84. The van der Waals surface area contributed by atoms with E-state index >= 15 is 0 Å². The molecule has 2 rings (SSSR count). The van der Waals surface area contributed by atoms with Gasteiger partial charge in [-0.3, -0.25) is 0 Å². The molecule has 0 spiro atoms. The Morgan fingerprint density at radius 1 is 1.25 bits per heavy atom. The van der Waals surface area contributed by atoms with Crippen molar-refractivity contribution in [3.8, 4) is 0 Å². The Bertz CT molecular complexity index is 158. The van der Waals surface area contributed by atoms with Crippen LogP contribution in [0.3, 0.4) is 0 Å². The molecule has 0 bridgehead atoms.